The topological polar surface area (TPSA) is 113 Å². The van der Waals surface area contributed by atoms with Crippen LogP contribution in [0.3, 0.4) is 0 Å². The fourth-order valence-electron chi connectivity index (χ4n) is 4.00. The minimum atomic E-state index is -0.323. The number of halogens is 2. The first kappa shape index (κ1) is 23.3. The SMILES string of the molecule is O=C(NN1CCCCC1)c1nc(-c2ccc(Cl)cc2)c(-c2ccc(Cl)cc2)nc1Cc1nn[nH]n1. The van der Waals surface area contributed by atoms with Gasteiger partial charge in [0, 0.05) is 34.3 Å². The van der Waals surface area contributed by atoms with Crippen molar-refractivity contribution in [3.63, 3.8) is 0 Å². The number of rotatable bonds is 6. The summed E-state index contributed by atoms with van der Waals surface area (Å²) in [7, 11) is 0. The molecule has 0 saturated carbocycles. The number of H-pyrrole nitrogens is 1. The van der Waals surface area contributed by atoms with Gasteiger partial charge in [0.25, 0.3) is 5.91 Å². The molecule has 9 nitrogen and oxygen atoms in total. The first-order valence-electron chi connectivity index (χ1n) is 11.3. The van der Waals surface area contributed by atoms with E-state index >= 15 is 0 Å². The Morgan fingerprint density at radius 2 is 1.49 bits per heavy atom. The molecule has 0 spiro atoms. The Labute approximate surface area is 211 Å². The van der Waals surface area contributed by atoms with Crippen molar-refractivity contribution < 1.29 is 4.79 Å². The molecule has 1 saturated heterocycles. The molecule has 35 heavy (non-hydrogen) atoms. The van der Waals surface area contributed by atoms with Crippen LogP contribution in [0, 0.1) is 0 Å². The summed E-state index contributed by atoms with van der Waals surface area (Å²) >= 11 is 12.2. The summed E-state index contributed by atoms with van der Waals surface area (Å²) in [6, 6.07) is 14.6. The van der Waals surface area contributed by atoms with Crippen LogP contribution in [0.1, 0.15) is 41.3 Å². The second-order valence-corrected chi connectivity index (χ2v) is 9.10. The number of hydrazine groups is 1. The number of benzene rings is 2. The molecule has 0 bridgehead atoms. The van der Waals surface area contributed by atoms with Crippen LogP contribution in [0.4, 0.5) is 0 Å². The van der Waals surface area contributed by atoms with Gasteiger partial charge in [-0.3, -0.25) is 10.2 Å². The Morgan fingerprint density at radius 3 is 2.06 bits per heavy atom. The summed E-state index contributed by atoms with van der Waals surface area (Å²) < 4.78 is 0. The van der Waals surface area contributed by atoms with Gasteiger partial charge in [0.2, 0.25) is 0 Å². The fraction of sp³-hybridized carbons (Fsp3) is 0.250. The predicted octanol–water partition coefficient (Wildman–Crippen LogP) is 4.35. The number of nitrogens with one attached hydrogen (secondary N) is 2. The molecule has 1 amide bonds. The molecule has 11 heteroatoms. The molecule has 2 N–H and O–H groups in total. The number of carbonyl (C=O) groups is 1. The molecule has 4 aromatic rings. The lowest BCUT2D eigenvalue weighted by molar-refractivity contribution is 0.0743. The summed E-state index contributed by atoms with van der Waals surface area (Å²) in [5, 5.41) is 17.3. The highest BCUT2D eigenvalue weighted by Gasteiger charge is 2.24. The molecule has 1 aliphatic rings. The average Bonchev–Trinajstić information content (AvgIpc) is 3.39. The van der Waals surface area contributed by atoms with Gasteiger partial charge in [-0.1, -0.05) is 59.1 Å². The summed E-state index contributed by atoms with van der Waals surface area (Å²) in [6.45, 7) is 1.60. The molecule has 5 rings (SSSR count). The number of amides is 1. The van der Waals surface area contributed by atoms with Crippen molar-refractivity contribution >= 4 is 29.1 Å². The van der Waals surface area contributed by atoms with Crippen molar-refractivity contribution in [3.8, 4) is 22.5 Å². The second-order valence-electron chi connectivity index (χ2n) is 8.22. The van der Waals surface area contributed by atoms with E-state index in [9.17, 15) is 4.79 Å². The van der Waals surface area contributed by atoms with Crippen LogP contribution >= 0.6 is 23.2 Å². The highest BCUT2D eigenvalue weighted by Crippen LogP contribution is 2.32. The number of carbonyl (C=O) groups excluding carboxylic acids is 1. The van der Waals surface area contributed by atoms with Gasteiger partial charge < -0.3 is 0 Å². The minimum Gasteiger partial charge on any atom is -0.283 e. The predicted molar refractivity (Wildman–Crippen MR) is 133 cm³/mol. The van der Waals surface area contributed by atoms with Crippen LogP contribution in [0.2, 0.25) is 10.0 Å². The summed E-state index contributed by atoms with van der Waals surface area (Å²) in [4.78, 5) is 23.2. The van der Waals surface area contributed by atoms with E-state index in [-0.39, 0.29) is 18.0 Å². The zero-order valence-electron chi connectivity index (χ0n) is 18.7. The van der Waals surface area contributed by atoms with Crippen LogP contribution in [0.25, 0.3) is 22.5 Å². The van der Waals surface area contributed by atoms with E-state index in [4.69, 9.17) is 33.2 Å². The number of piperidine rings is 1. The normalized spacial score (nSPS) is 14.1. The van der Waals surface area contributed by atoms with Gasteiger partial charge >= 0.3 is 0 Å². The number of aromatic amines is 1. The molecule has 0 unspecified atom stereocenters. The molecular formula is C24H22Cl2N8O. The van der Waals surface area contributed by atoms with E-state index < -0.39 is 0 Å². The largest absolute Gasteiger partial charge is 0.286 e. The summed E-state index contributed by atoms with van der Waals surface area (Å²) in [5.41, 5.74) is 6.42. The molecule has 0 atom stereocenters. The third kappa shape index (κ3) is 5.48. The lowest BCUT2D eigenvalue weighted by Gasteiger charge is -2.27. The van der Waals surface area contributed by atoms with Crippen LogP contribution < -0.4 is 5.43 Å². The number of nitrogens with zero attached hydrogens (tertiary/aromatic N) is 6. The van der Waals surface area contributed by atoms with E-state index in [2.05, 4.69) is 26.0 Å². The maximum Gasteiger partial charge on any atom is 0.286 e. The van der Waals surface area contributed by atoms with Crippen molar-refractivity contribution in [1.29, 1.82) is 0 Å². The van der Waals surface area contributed by atoms with Crippen molar-refractivity contribution in [3.05, 3.63) is 75.8 Å². The van der Waals surface area contributed by atoms with Crippen LogP contribution in [-0.4, -0.2) is 54.6 Å². The van der Waals surface area contributed by atoms with Crippen molar-refractivity contribution in [2.24, 2.45) is 0 Å². The molecular weight excluding hydrogens is 487 g/mol. The lowest BCUT2D eigenvalue weighted by Crippen LogP contribution is -2.45. The van der Waals surface area contributed by atoms with Crippen molar-refractivity contribution in [1.82, 2.24) is 41.0 Å². The fourth-order valence-corrected chi connectivity index (χ4v) is 4.25. The maximum atomic E-state index is 13.4. The van der Waals surface area contributed by atoms with E-state index in [0.29, 0.717) is 33.0 Å². The third-order valence-corrected chi connectivity index (χ3v) is 6.25. The first-order valence-corrected chi connectivity index (χ1v) is 12.0. The van der Waals surface area contributed by atoms with Crippen LogP contribution in [0.15, 0.2) is 48.5 Å². The highest BCUT2D eigenvalue weighted by atomic mass is 35.5. The van der Waals surface area contributed by atoms with Gasteiger partial charge in [0.1, 0.15) is 0 Å². The molecule has 2 aromatic carbocycles. The average molecular weight is 509 g/mol. The van der Waals surface area contributed by atoms with E-state index in [1.165, 1.54) is 0 Å². The van der Waals surface area contributed by atoms with E-state index in [1.54, 1.807) is 24.3 Å². The van der Waals surface area contributed by atoms with Gasteiger partial charge in [-0.2, -0.15) is 5.21 Å². The van der Waals surface area contributed by atoms with Crippen LogP contribution in [-0.2, 0) is 6.42 Å². The number of tetrazole rings is 1. The lowest BCUT2D eigenvalue weighted by atomic mass is 10.0. The zero-order chi connectivity index (χ0) is 24.2. The van der Waals surface area contributed by atoms with Gasteiger partial charge in [-0.25, -0.2) is 15.0 Å². The molecule has 178 valence electrons. The van der Waals surface area contributed by atoms with Crippen molar-refractivity contribution in [2.45, 2.75) is 25.7 Å². The summed E-state index contributed by atoms with van der Waals surface area (Å²) in [6.07, 6.45) is 3.42. The third-order valence-electron chi connectivity index (χ3n) is 5.75. The Hall–Kier alpha value is -3.40. The number of hydrogen-bond acceptors (Lipinski definition) is 7. The zero-order valence-corrected chi connectivity index (χ0v) is 20.2. The Bertz CT molecular complexity index is 1300. The second kappa shape index (κ2) is 10.5. The Balaban J connectivity index is 1.64. The van der Waals surface area contributed by atoms with Crippen LogP contribution in [0.5, 0.6) is 0 Å². The highest BCUT2D eigenvalue weighted by molar-refractivity contribution is 6.31. The summed E-state index contributed by atoms with van der Waals surface area (Å²) in [5.74, 6) is 0.0865. The van der Waals surface area contributed by atoms with Gasteiger partial charge in [-0.05, 0) is 37.1 Å². The van der Waals surface area contributed by atoms with E-state index in [1.807, 2.05) is 29.3 Å². The van der Waals surface area contributed by atoms with E-state index in [0.717, 1.165) is 43.5 Å². The number of hydrogen-bond donors (Lipinski definition) is 2. The minimum absolute atomic E-state index is 0.188. The van der Waals surface area contributed by atoms with Gasteiger partial charge in [0.15, 0.2) is 11.5 Å². The standard InChI is InChI=1S/C24H22Cl2N8O/c25-17-8-4-15(5-9-17)21-22(16-6-10-18(26)11-7-16)28-23(19(27-21)14-20-29-32-33-30-20)24(35)31-34-12-2-1-3-13-34/h4-11H,1-3,12-14H2,(H,31,35)(H,29,30,32,33). The smallest absolute Gasteiger partial charge is 0.283 e. The van der Waals surface area contributed by atoms with Gasteiger partial charge in [0.05, 0.1) is 23.5 Å². The molecule has 0 aliphatic carbocycles. The Kier molecular flexibility index (Phi) is 6.98. The Morgan fingerprint density at radius 1 is 0.886 bits per heavy atom. The molecule has 1 aliphatic heterocycles. The molecule has 2 aromatic heterocycles. The molecule has 0 radical (unpaired) electrons. The monoisotopic (exact) mass is 508 g/mol. The maximum absolute atomic E-state index is 13.4. The van der Waals surface area contributed by atoms with Crippen molar-refractivity contribution in [2.75, 3.05) is 13.1 Å². The number of aromatic nitrogens is 6. The quantitative estimate of drug-likeness (QED) is 0.397. The molecule has 3 heterocycles. The molecule has 1 fully saturated rings. The first-order chi connectivity index (χ1) is 17.1. The van der Waals surface area contributed by atoms with Gasteiger partial charge in [-0.15, -0.1) is 10.2 Å².